The Morgan fingerprint density at radius 2 is 2.00 bits per heavy atom. The number of amides is 1. The summed E-state index contributed by atoms with van der Waals surface area (Å²) in [7, 11) is 0. The Balaban J connectivity index is 1.63. The van der Waals surface area contributed by atoms with Gasteiger partial charge in [-0.1, -0.05) is 13.3 Å². The van der Waals surface area contributed by atoms with Crippen molar-refractivity contribution in [3.63, 3.8) is 0 Å². The Hall–Kier alpha value is -2.93. The molecule has 1 saturated carbocycles. The second-order valence-corrected chi connectivity index (χ2v) is 7.96. The third kappa shape index (κ3) is 4.03. The van der Waals surface area contributed by atoms with E-state index in [-0.39, 0.29) is 12.3 Å². The van der Waals surface area contributed by atoms with Crippen LogP contribution in [-0.2, 0) is 4.79 Å². The number of carbonyl (C=O) groups excluding carboxylic acids is 1. The number of halogens is 1. The number of rotatable bonds is 6. The Morgan fingerprint density at radius 3 is 2.67 bits per heavy atom. The van der Waals surface area contributed by atoms with Gasteiger partial charge in [-0.2, -0.15) is 0 Å². The number of aliphatic hydroxyl groups is 1. The van der Waals surface area contributed by atoms with E-state index in [2.05, 4.69) is 20.3 Å². The number of fused-ring (bicyclic) bond motifs is 1. The molecular formula is C23H25FN4O2. The van der Waals surface area contributed by atoms with Crippen LogP contribution in [0.5, 0.6) is 0 Å². The number of nitrogens with one attached hydrogen (secondary N) is 1. The fourth-order valence-electron chi connectivity index (χ4n) is 3.62. The predicted molar refractivity (Wildman–Crippen MR) is 114 cm³/mol. The van der Waals surface area contributed by atoms with Gasteiger partial charge in [-0.05, 0) is 44.4 Å². The quantitative estimate of drug-likeness (QED) is 0.630. The smallest absolute Gasteiger partial charge is 0.231 e. The summed E-state index contributed by atoms with van der Waals surface area (Å²) in [5.41, 5.74) is 5.12. The maximum absolute atomic E-state index is 13.1. The van der Waals surface area contributed by atoms with Gasteiger partial charge in [0.1, 0.15) is 12.0 Å². The van der Waals surface area contributed by atoms with Gasteiger partial charge in [-0.15, -0.1) is 0 Å². The van der Waals surface area contributed by atoms with Crippen LogP contribution in [-0.4, -0.2) is 32.1 Å². The molecule has 0 saturated heterocycles. The summed E-state index contributed by atoms with van der Waals surface area (Å²) in [5.74, 6) is -0.526. The summed E-state index contributed by atoms with van der Waals surface area (Å²) in [5, 5.41) is 13.7. The Bertz CT molecular complexity index is 1120. The lowest BCUT2D eigenvalue weighted by Crippen LogP contribution is -2.15. The Labute approximate surface area is 174 Å². The molecule has 0 radical (unpaired) electrons. The standard InChI is InChI=1S/C23H25FN4O2/c1-4-5-21(29)20-6-12(2)17(11-25-20)15-7-14-10-26-22(9-19(14)27-13(15)3)28-23(30)16-8-18(16)24/h6-7,9-11,16,18,21,29H,4-5,8H2,1-3H3,(H,26,28,30)/t16-,18+,21-/m0/s1. The number of hydrogen-bond donors (Lipinski definition) is 2. The number of hydrogen-bond acceptors (Lipinski definition) is 5. The highest BCUT2D eigenvalue weighted by Gasteiger charge is 2.43. The number of pyridine rings is 3. The first-order valence-corrected chi connectivity index (χ1v) is 10.2. The number of aromatic nitrogens is 3. The lowest BCUT2D eigenvalue weighted by molar-refractivity contribution is -0.117. The SMILES string of the molecule is CCC[C@H](O)c1cc(C)c(-c2cc3cnc(NC(=O)[C@H]4C[C@H]4F)cc3nc2C)cn1. The molecule has 1 aliphatic rings. The van der Waals surface area contributed by atoms with Crippen molar-refractivity contribution < 1.29 is 14.3 Å². The largest absolute Gasteiger partial charge is 0.387 e. The van der Waals surface area contributed by atoms with E-state index in [4.69, 9.17) is 0 Å². The minimum absolute atomic E-state index is 0.280. The van der Waals surface area contributed by atoms with E-state index in [1.807, 2.05) is 32.9 Å². The van der Waals surface area contributed by atoms with Crippen molar-refractivity contribution in [3.8, 4) is 11.1 Å². The van der Waals surface area contributed by atoms with Gasteiger partial charge in [-0.3, -0.25) is 14.8 Å². The number of aryl methyl sites for hydroxylation is 2. The minimum atomic E-state index is -1.04. The van der Waals surface area contributed by atoms with Crippen LogP contribution in [0.25, 0.3) is 22.0 Å². The lowest BCUT2D eigenvalue weighted by Gasteiger charge is -2.14. The zero-order chi connectivity index (χ0) is 21.4. The maximum atomic E-state index is 13.1. The molecule has 6 nitrogen and oxygen atoms in total. The van der Waals surface area contributed by atoms with E-state index >= 15 is 0 Å². The van der Waals surface area contributed by atoms with Gasteiger partial charge < -0.3 is 10.4 Å². The van der Waals surface area contributed by atoms with Crippen molar-refractivity contribution in [2.45, 2.75) is 52.3 Å². The van der Waals surface area contributed by atoms with Crippen molar-refractivity contribution in [2.24, 2.45) is 5.92 Å². The van der Waals surface area contributed by atoms with Crippen molar-refractivity contribution in [1.82, 2.24) is 15.0 Å². The molecule has 0 aliphatic heterocycles. The maximum Gasteiger partial charge on any atom is 0.231 e. The molecule has 0 unspecified atom stereocenters. The van der Waals surface area contributed by atoms with E-state index in [0.717, 1.165) is 34.2 Å². The van der Waals surface area contributed by atoms with Crippen LogP contribution in [0.15, 0.2) is 30.6 Å². The summed E-state index contributed by atoms with van der Waals surface area (Å²) in [6.45, 7) is 5.95. The first kappa shape index (κ1) is 20.3. The summed E-state index contributed by atoms with van der Waals surface area (Å²) < 4.78 is 13.1. The molecule has 3 atom stereocenters. The van der Waals surface area contributed by atoms with Crippen molar-refractivity contribution in [2.75, 3.05) is 5.32 Å². The lowest BCUT2D eigenvalue weighted by atomic mass is 9.98. The van der Waals surface area contributed by atoms with E-state index < -0.39 is 18.2 Å². The van der Waals surface area contributed by atoms with Crippen LogP contribution >= 0.6 is 0 Å². The average Bonchev–Trinajstić information content (AvgIpc) is 3.44. The molecule has 3 heterocycles. The van der Waals surface area contributed by atoms with Gasteiger partial charge in [0.25, 0.3) is 0 Å². The normalized spacial score (nSPS) is 19.0. The third-order valence-electron chi connectivity index (χ3n) is 5.52. The topological polar surface area (TPSA) is 88.0 Å². The van der Waals surface area contributed by atoms with Gasteiger partial charge in [0.2, 0.25) is 5.91 Å². The number of carbonyl (C=O) groups is 1. The zero-order valence-corrected chi connectivity index (χ0v) is 17.3. The molecule has 3 aromatic heterocycles. The van der Waals surface area contributed by atoms with Gasteiger partial charge in [0.05, 0.1) is 23.2 Å². The minimum Gasteiger partial charge on any atom is -0.387 e. The van der Waals surface area contributed by atoms with Crippen molar-refractivity contribution >= 4 is 22.6 Å². The molecule has 0 aromatic carbocycles. The van der Waals surface area contributed by atoms with E-state index in [9.17, 15) is 14.3 Å². The number of alkyl halides is 1. The molecule has 1 aliphatic carbocycles. The number of anilines is 1. The van der Waals surface area contributed by atoms with Crippen LogP contribution in [0.4, 0.5) is 10.2 Å². The number of aliphatic hydroxyl groups excluding tert-OH is 1. The summed E-state index contributed by atoms with van der Waals surface area (Å²) in [6.07, 6.45) is 3.69. The fourth-order valence-corrected chi connectivity index (χ4v) is 3.62. The molecule has 0 bridgehead atoms. The van der Waals surface area contributed by atoms with Crippen LogP contribution in [0, 0.1) is 19.8 Å². The van der Waals surface area contributed by atoms with Crippen molar-refractivity contribution in [1.29, 1.82) is 0 Å². The Kier molecular flexibility index (Phi) is 5.47. The van der Waals surface area contributed by atoms with Gasteiger partial charge in [-0.25, -0.2) is 9.37 Å². The molecule has 1 fully saturated rings. The Morgan fingerprint density at radius 1 is 1.23 bits per heavy atom. The third-order valence-corrected chi connectivity index (χ3v) is 5.52. The average molecular weight is 408 g/mol. The molecule has 2 N–H and O–H groups in total. The highest BCUT2D eigenvalue weighted by molar-refractivity contribution is 5.95. The monoisotopic (exact) mass is 408 g/mol. The molecule has 3 aromatic rings. The highest BCUT2D eigenvalue weighted by atomic mass is 19.1. The van der Waals surface area contributed by atoms with Crippen LogP contribution in [0.3, 0.4) is 0 Å². The predicted octanol–water partition coefficient (Wildman–Crippen LogP) is 4.44. The van der Waals surface area contributed by atoms with Gasteiger partial charge in [0, 0.05) is 40.7 Å². The van der Waals surface area contributed by atoms with E-state index in [0.29, 0.717) is 23.4 Å². The first-order valence-electron chi connectivity index (χ1n) is 10.2. The molecule has 7 heteroatoms. The van der Waals surface area contributed by atoms with Gasteiger partial charge >= 0.3 is 0 Å². The summed E-state index contributed by atoms with van der Waals surface area (Å²) in [4.78, 5) is 25.4. The molecule has 4 rings (SSSR count). The van der Waals surface area contributed by atoms with Crippen molar-refractivity contribution in [3.05, 3.63) is 47.5 Å². The molecule has 1 amide bonds. The fraction of sp³-hybridized carbons (Fsp3) is 0.391. The molecule has 0 spiro atoms. The first-order chi connectivity index (χ1) is 14.4. The molecule has 156 valence electrons. The van der Waals surface area contributed by atoms with E-state index in [1.165, 1.54) is 0 Å². The summed E-state index contributed by atoms with van der Waals surface area (Å²) in [6, 6.07) is 5.63. The van der Waals surface area contributed by atoms with Crippen LogP contribution < -0.4 is 5.32 Å². The summed E-state index contributed by atoms with van der Waals surface area (Å²) >= 11 is 0. The number of nitrogens with zero attached hydrogens (tertiary/aromatic N) is 3. The second-order valence-electron chi connectivity index (χ2n) is 7.96. The van der Waals surface area contributed by atoms with Crippen LogP contribution in [0.1, 0.15) is 49.2 Å². The highest BCUT2D eigenvalue weighted by Crippen LogP contribution is 2.35. The zero-order valence-electron chi connectivity index (χ0n) is 17.3. The second kappa shape index (κ2) is 8.07. The molecule has 30 heavy (non-hydrogen) atoms. The van der Waals surface area contributed by atoms with Gasteiger partial charge in [0.15, 0.2) is 0 Å². The van der Waals surface area contributed by atoms with E-state index in [1.54, 1.807) is 18.5 Å². The van der Waals surface area contributed by atoms with Crippen LogP contribution in [0.2, 0.25) is 0 Å². The molecular weight excluding hydrogens is 383 g/mol.